The maximum atomic E-state index is 10.5. The van der Waals surface area contributed by atoms with Crippen molar-refractivity contribution in [2.75, 3.05) is 14.1 Å². The molecule has 0 unspecified atom stereocenters. The monoisotopic (exact) mass is 183 g/mol. The van der Waals surface area contributed by atoms with Crippen molar-refractivity contribution in [3.63, 3.8) is 0 Å². The first-order valence-electron chi connectivity index (χ1n) is 3.82. The fourth-order valence-electron chi connectivity index (χ4n) is 1.07. The van der Waals surface area contributed by atoms with Gasteiger partial charge in [-0.1, -0.05) is 0 Å². The normalized spacial score (nSPS) is 10.7. The number of carbonyl (C=O) groups is 1. The highest BCUT2D eigenvalue weighted by molar-refractivity contribution is 7.12. The van der Waals surface area contributed by atoms with Gasteiger partial charge in [0.2, 0.25) is 0 Å². The van der Waals surface area contributed by atoms with Crippen LogP contribution in [0.25, 0.3) is 0 Å². The molecule has 0 aliphatic carbocycles. The van der Waals surface area contributed by atoms with Crippen molar-refractivity contribution in [2.45, 2.75) is 13.5 Å². The lowest BCUT2D eigenvalue weighted by Gasteiger charge is -2.05. The molecule has 3 heteroatoms. The molecule has 0 spiro atoms. The quantitative estimate of drug-likeness (QED) is 0.667. The Labute approximate surface area is 76.8 Å². The molecule has 1 aromatic heterocycles. The van der Waals surface area contributed by atoms with Gasteiger partial charge in [0, 0.05) is 21.9 Å². The van der Waals surface area contributed by atoms with Crippen molar-refractivity contribution in [3.05, 3.63) is 21.4 Å². The van der Waals surface area contributed by atoms with E-state index < -0.39 is 0 Å². The predicted octanol–water partition coefficient (Wildman–Crippen LogP) is 1.93. The SMILES string of the molecule is Cc1sc(CN(C)C)cc1C=O. The van der Waals surface area contributed by atoms with E-state index in [4.69, 9.17) is 0 Å². The summed E-state index contributed by atoms with van der Waals surface area (Å²) in [5.41, 5.74) is 0.830. The Morgan fingerprint density at radius 1 is 1.58 bits per heavy atom. The first-order chi connectivity index (χ1) is 5.63. The molecule has 2 nitrogen and oxygen atoms in total. The molecular weight excluding hydrogens is 170 g/mol. The van der Waals surface area contributed by atoms with Crippen LogP contribution in [-0.2, 0) is 6.54 Å². The number of aldehydes is 1. The van der Waals surface area contributed by atoms with Gasteiger partial charge in [-0.25, -0.2) is 0 Å². The average Bonchev–Trinajstić information content (AvgIpc) is 2.29. The molecule has 0 fully saturated rings. The molecule has 0 aliphatic heterocycles. The number of thiophene rings is 1. The van der Waals surface area contributed by atoms with Crippen LogP contribution < -0.4 is 0 Å². The number of nitrogens with zero attached hydrogens (tertiary/aromatic N) is 1. The zero-order valence-electron chi connectivity index (χ0n) is 7.63. The molecule has 0 saturated heterocycles. The van der Waals surface area contributed by atoms with Gasteiger partial charge >= 0.3 is 0 Å². The van der Waals surface area contributed by atoms with Crippen molar-refractivity contribution >= 4 is 17.6 Å². The molecule has 0 aliphatic rings. The fourth-order valence-corrected chi connectivity index (χ4v) is 2.19. The molecule has 0 amide bonds. The lowest BCUT2D eigenvalue weighted by molar-refractivity contribution is 0.112. The van der Waals surface area contributed by atoms with E-state index in [0.717, 1.165) is 23.3 Å². The van der Waals surface area contributed by atoms with E-state index in [-0.39, 0.29) is 0 Å². The second kappa shape index (κ2) is 3.83. The Morgan fingerprint density at radius 3 is 2.67 bits per heavy atom. The number of rotatable bonds is 3. The third-order valence-electron chi connectivity index (χ3n) is 1.61. The molecule has 0 radical (unpaired) electrons. The van der Waals surface area contributed by atoms with E-state index >= 15 is 0 Å². The Balaban J connectivity index is 2.82. The maximum Gasteiger partial charge on any atom is 0.151 e. The van der Waals surface area contributed by atoms with E-state index in [9.17, 15) is 4.79 Å². The Kier molecular flexibility index (Phi) is 3.00. The third kappa shape index (κ3) is 2.16. The average molecular weight is 183 g/mol. The topological polar surface area (TPSA) is 20.3 Å². The maximum absolute atomic E-state index is 10.5. The first kappa shape index (κ1) is 9.42. The van der Waals surface area contributed by atoms with E-state index in [1.54, 1.807) is 11.3 Å². The zero-order valence-corrected chi connectivity index (χ0v) is 8.44. The molecule has 66 valence electrons. The van der Waals surface area contributed by atoms with Crippen LogP contribution in [0.3, 0.4) is 0 Å². The molecule has 0 N–H and O–H groups in total. The van der Waals surface area contributed by atoms with Gasteiger partial charge in [-0.2, -0.15) is 0 Å². The van der Waals surface area contributed by atoms with Crippen LogP contribution >= 0.6 is 11.3 Å². The van der Waals surface area contributed by atoms with E-state index in [1.165, 1.54) is 4.88 Å². The van der Waals surface area contributed by atoms with Crippen molar-refractivity contribution in [1.29, 1.82) is 0 Å². The molecule has 0 aromatic carbocycles. The van der Waals surface area contributed by atoms with Crippen LogP contribution in [0.15, 0.2) is 6.07 Å². The molecule has 0 saturated carbocycles. The second-order valence-corrected chi connectivity index (χ2v) is 4.42. The van der Waals surface area contributed by atoms with Gasteiger partial charge in [0.15, 0.2) is 6.29 Å². The largest absolute Gasteiger partial charge is 0.304 e. The molecule has 0 atom stereocenters. The minimum Gasteiger partial charge on any atom is -0.304 e. The van der Waals surface area contributed by atoms with Gasteiger partial charge in [0.05, 0.1) is 0 Å². The van der Waals surface area contributed by atoms with Gasteiger partial charge in [-0.3, -0.25) is 4.79 Å². The van der Waals surface area contributed by atoms with E-state index in [0.29, 0.717) is 0 Å². The van der Waals surface area contributed by atoms with Gasteiger partial charge in [0.25, 0.3) is 0 Å². The standard InChI is InChI=1S/C9H13NOS/c1-7-8(6-11)4-9(12-7)5-10(2)3/h4,6H,5H2,1-3H3. The van der Waals surface area contributed by atoms with Crippen molar-refractivity contribution < 1.29 is 4.79 Å². The summed E-state index contributed by atoms with van der Waals surface area (Å²) in [5.74, 6) is 0. The highest BCUT2D eigenvalue weighted by atomic mass is 32.1. The summed E-state index contributed by atoms with van der Waals surface area (Å²) in [6.45, 7) is 2.90. The third-order valence-corrected chi connectivity index (χ3v) is 2.66. The number of hydrogen-bond donors (Lipinski definition) is 0. The zero-order chi connectivity index (χ0) is 9.14. The van der Waals surface area contributed by atoms with Crippen molar-refractivity contribution in [1.82, 2.24) is 4.90 Å². The summed E-state index contributed by atoms with van der Waals surface area (Å²) in [4.78, 5) is 15.0. The van der Waals surface area contributed by atoms with Gasteiger partial charge in [-0.15, -0.1) is 11.3 Å². The smallest absolute Gasteiger partial charge is 0.151 e. The van der Waals surface area contributed by atoms with Crippen LogP contribution in [0.2, 0.25) is 0 Å². The summed E-state index contributed by atoms with van der Waals surface area (Å²) in [6, 6.07) is 1.97. The Hall–Kier alpha value is -0.670. The lowest BCUT2D eigenvalue weighted by Crippen LogP contribution is -2.09. The summed E-state index contributed by atoms with van der Waals surface area (Å²) in [6.07, 6.45) is 0.922. The minimum absolute atomic E-state index is 0.830. The first-order valence-corrected chi connectivity index (χ1v) is 4.64. The van der Waals surface area contributed by atoms with Gasteiger partial charge in [0.1, 0.15) is 0 Å². The summed E-state index contributed by atoms with van der Waals surface area (Å²) in [5, 5.41) is 0. The molecule has 1 rings (SSSR count). The van der Waals surface area contributed by atoms with E-state index in [1.807, 2.05) is 27.1 Å². The van der Waals surface area contributed by atoms with Crippen LogP contribution in [0.1, 0.15) is 20.1 Å². The summed E-state index contributed by atoms with van der Waals surface area (Å²) < 4.78 is 0. The molecular formula is C9H13NOS. The second-order valence-electron chi connectivity index (χ2n) is 3.08. The van der Waals surface area contributed by atoms with Gasteiger partial charge < -0.3 is 4.90 Å². The number of hydrogen-bond acceptors (Lipinski definition) is 3. The number of aryl methyl sites for hydroxylation is 1. The van der Waals surface area contributed by atoms with Crippen LogP contribution in [-0.4, -0.2) is 25.3 Å². The highest BCUT2D eigenvalue weighted by Gasteiger charge is 2.04. The Morgan fingerprint density at radius 2 is 2.25 bits per heavy atom. The molecule has 1 heterocycles. The molecule has 1 aromatic rings. The fraction of sp³-hybridized carbons (Fsp3) is 0.444. The molecule has 0 bridgehead atoms. The lowest BCUT2D eigenvalue weighted by atomic mass is 10.3. The van der Waals surface area contributed by atoms with Crippen molar-refractivity contribution in [2.24, 2.45) is 0 Å². The summed E-state index contributed by atoms with van der Waals surface area (Å²) in [7, 11) is 4.05. The number of carbonyl (C=O) groups excluding carboxylic acids is 1. The molecule has 12 heavy (non-hydrogen) atoms. The van der Waals surface area contributed by atoms with E-state index in [2.05, 4.69) is 4.90 Å². The Bertz CT molecular complexity index is 278. The highest BCUT2D eigenvalue weighted by Crippen LogP contribution is 2.20. The van der Waals surface area contributed by atoms with Gasteiger partial charge in [-0.05, 0) is 27.1 Å². The van der Waals surface area contributed by atoms with Crippen LogP contribution in [0.5, 0.6) is 0 Å². The summed E-state index contributed by atoms with van der Waals surface area (Å²) >= 11 is 1.69. The van der Waals surface area contributed by atoms with Crippen LogP contribution in [0, 0.1) is 6.92 Å². The minimum atomic E-state index is 0.830. The van der Waals surface area contributed by atoms with Crippen molar-refractivity contribution in [3.8, 4) is 0 Å². The van der Waals surface area contributed by atoms with Crippen LogP contribution in [0.4, 0.5) is 0 Å². The predicted molar refractivity (Wildman–Crippen MR) is 51.8 cm³/mol.